The number of imide groups is 1. The first-order valence-electron chi connectivity index (χ1n) is 6.99. The maximum absolute atomic E-state index is 11.8. The monoisotopic (exact) mass is 306 g/mol. The highest BCUT2D eigenvalue weighted by atomic mass is 16.3. The van der Waals surface area contributed by atoms with Crippen LogP contribution in [0.2, 0.25) is 0 Å². The molecule has 0 saturated carbocycles. The number of urea groups is 1. The fraction of sp³-hybridized carbons (Fsp3) is 0.333. The van der Waals surface area contributed by atoms with Gasteiger partial charge in [0.25, 0.3) is 5.91 Å². The quantitative estimate of drug-likeness (QED) is 0.712. The zero-order valence-corrected chi connectivity index (χ0v) is 12.6. The summed E-state index contributed by atoms with van der Waals surface area (Å²) >= 11 is 0. The summed E-state index contributed by atoms with van der Waals surface area (Å²) < 4.78 is 10.5. The number of carbonyl (C=O) groups is 2. The van der Waals surface area contributed by atoms with Crippen LogP contribution >= 0.6 is 0 Å². The third-order valence-electron chi connectivity index (χ3n) is 2.99. The molecule has 22 heavy (non-hydrogen) atoms. The molecule has 0 fully saturated rings. The van der Waals surface area contributed by atoms with Crippen LogP contribution in [0.5, 0.6) is 0 Å². The Labute approximate surface area is 128 Å². The first-order chi connectivity index (χ1) is 10.5. The molecule has 2 aromatic rings. The van der Waals surface area contributed by atoms with Gasteiger partial charge in [-0.1, -0.05) is 0 Å². The van der Waals surface area contributed by atoms with E-state index < -0.39 is 6.03 Å². The van der Waals surface area contributed by atoms with E-state index in [1.165, 1.54) is 6.26 Å². The maximum atomic E-state index is 11.8. The van der Waals surface area contributed by atoms with Crippen molar-refractivity contribution >= 4 is 11.9 Å². The van der Waals surface area contributed by atoms with E-state index >= 15 is 0 Å². The van der Waals surface area contributed by atoms with Gasteiger partial charge < -0.3 is 19.1 Å². The average molecular weight is 306 g/mol. The summed E-state index contributed by atoms with van der Waals surface area (Å²) in [5.41, 5.74) is 0. The van der Waals surface area contributed by atoms with E-state index in [0.29, 0.717) is 12.3 Å². The van der Waals surface area contributed by atoms with E-state index in [4.69, 9.17) is 8.83 Å². The van der Waals surface area contributed by atoms with Crippen molar-refractivity contribution in [1.82, 2.24) is 10.6 Å². The summed E-state index contributed by atoms with van der Waals surface area (Å²) in [6.45, 7) is 2.86. The molecule has 0 aliphatic carbocycles. The van der Waals surface area contributed by atoms with Gasteiger partial charge in [0.2, 0.25) is 0 Å². The normalized spacial score (nSPS) is 11.9. The molecule has 0 bridgehead atoms. The minimum Gasteiger partial charge on any atom is -0.467 e. The largest absolute Gasteiger partial charge is 0.467 e. The molecule has 1 unspecified atom stereocenters. The molecule has 0 aromatic carbocycles. The molecule has 0 spiro atoms. The van der Waals surface area contributed by atoms with Crippen LogP contribution in [0.3, 0.4) is 0 Å². The number of carbonyl (C=O) groups excluding carboxylic acids is 2. The molecule has 0 saturated heterocycles. The van der Waals surface area contributed by atoms with Gasteiger partial charge in [0, 0.05) is 0 Å². The molecule has 1 atom stereocenters. The fourth-order valence-corrected chi connectivity index (χ4v) is 2.01. The fourth-order valence-electron chi connectivity index (χ4n) is 2.01. The molecule has 2 rings (SSSR count). The Kier molecular flexibility index (Phi) is 5.37. The van der Waals surface area contributed by atoms with Gasteiger partial charge in [-0.2, -0.15) is 0 Å². The van der Waals surface area contributed by atoms with Crippen molar-refractivity contribution < 1.29 is 23.3 Å². The summed E-state index contributed by atoms with van der Waals surface area (Å²) in [4.78, 5) is 24.3. The Balaban J connectivity index is 1.69. The Morgan fingerprint density at radius 1 is 1.23 bits per heavy atom. The van der Waals surface area contributed by atoms with Crippen molar-refractivity contribution in [2.45, 2.75) is 20.0 Å². The first kappa shape index (κ1) is 15.8. The van der Waals surface area contributed by atoms with Crippen molar-refractivity contribution in [2.75, 3.05) is 13.6 Å². The van der Waals surface area contributed by atoms with Crippen LogP contribution in [0.4, 0.5) is 4.79 Å². The third-order valence-corrected chi connectivity index (χ3v) is 2.99. The van der Waals surface area contributed by atoms with Gasteiger partial charge in [-0.3, -0.25) is 10.1 Å². The SMILES string of the molecule is Cc1ccc(C[NH+](C)CC(=O)NC(=O)NCc2ccco2)o1. The second-order valence-corrected chi connectivity index (χ2v) is 5.13. The van der Waals surface area contributed by atoms with Crippen molar-refractivity contribution in [3.8, 4) is 0 Å². The van der Waals surface area contributed by atoms with Gasteiger partial charge in [-0.25, -0.2) is 4.79 Å². The molecule has 7 heteroatoms. The summed E-state index contributed by atoms with van der Waals surface area (Å²) in [6, 6.07) is 6.69. The standard InChI is InChI=1S/C15H19N3O4/c1-11-5-6-13(22-11)9-18(2)10-14(19)17-15(20)16-8-12-4-3-7-21-12/h3-7H,8-10H2,1-2H3,(H2,16,17,19,20)/p+1. The topological polar surface area (TPSA) is 88.9 Å². The molecule has 118 valence electrons. The molecule has 3 N–H and O–H groups in total. The predicted octanol–water partition coefficient (Wildman–Crippen LogP) is 0.222. The van der Waals surface area contributed by atoms with E-state index in [0.717, 1.165) is 16.4 Å². The molecule has 0 aliphatic rings. The molecule has 2 heterocycles. The van der Waals surface area contributed by atoms with Crippen molar-refractivity contribution in [3.63, 3.8) is 0 Å². The van der Waals surface area contributed by atoms with Crippen LogP contribution in [-0.2, 0) is 17.9 Å². The number of likely N-dealkylation sites (N-methyl/N-ethyl adjacent to an activating group) is 1. The minimum absolute atomic E-state index is 0.175. The van der Waals surface area contributed by atoms with E-state index in [9.17, 15) is 9.59 Å². The molecular weight excluding hydrogens is 286 g/mol. The lowest BCUT2D eigenvalue weighted by atomic mass is 10.4. The number of hydrogen-bond donors (Lipinski definition) is 3. The van der Waals surface area contributed by atoms with Crippen molar-refractivity contribution in [3.05, 3.63) is 47.8 Å². The van der Waals surface area contributed by atoms with Crippen LogP contribution in [0.1, 0.15) is 17.3 Å². The molecule has 2 aromatic heterocycles. The van der Waals surface area contributed by atoms with Crippen LogP contribution in [-0.4, -0.2) is 25.5 Å². The number of amides is 3. The Morgan fingerprint density at radius 2 is 2.05 bits per heavy atom. The predicted molar refractivity (Wildman–Crippen MR) is 78.0 cm³/mol. The number of rotatable bonds is 6. The van der Waals surface area contributed by atoms with Crippen LogP contribution in [0.15, 0.2) is 39.4 Å². The third kappa shape index (κ3) is 5.10. The van der Waals surface area contributed by atoms with Crippen LogP contribution in [0.25, 0.3) is 0 Å². The van der Waals surface area contributed by atoms with Gasteiger partial charge in [0.05, 0.1) is 19.9 Å². The van der Waals surface area contributed by atoms with E-state index in [-0.39, 0.29) is 19.0 Å². The highest BCUT2D eigenvalue weighted by Crippen LogP contribution is 2.03. The lowest BCUT2D eigenvalue weighted by Gasteiger charge is -2.12. The van der Waals surface area contributed by atoms with E-state index in [2.05, 4.69) is 10.6 Å². The molecule has 3 amide bonds. The number of aryl methyl sites for hydroxylation is 1. The van der Waals surface area contributed by atoms with E-state index in [1.807, 2.05) is 26.1 Å². The zero-order valence-electron chi connectivity index (χ0n) is 12.6. The molecular formula is C15H20N3O4+. The second-order valence-electron chi connectivity index (χ2n) is 5.13. The van der Waals surface area contributed by atoms with E-state index in [1.54, 1.807) is 12.1 Å². The number of furan rings is 2. The summed E-state index contributed by atoms with van der Waals surface area (Å²) in [7, 11) is 1.86. The van der Waals surface area contributed by atoms with Gasteiger partial charge >= 0.3 is 6.03 Å². The lowest BCUT2D eigenvalue weighted by molar-refractivity contribution is -0.886. The van der Waals surface area contributed by atoms with Gasteiger partial charge in [0.1, 0.15) is 18.1 Å². The second kappa shape index (κ2) is 7.46. The molecule has 7 nitrogen and oxygen atoms in total. The summed E-state index contributed by atoms with van der Waals surface area (Å²) in [6.07, 6.45) is 1.52. The number of hydrogen-bond acceptors (Lipinski definition) is 4. The molecule has 0 radical (unpaired) electrons. The smallest absolute Gasteiger partial charge is 0.321 e. The van der Waals surface area contributed by atoms with Gasteiger partial charge in [0.15, 0.2) is 12.3 Å². The zero-order chi connectivity index (χ0) is 15.9. The average Bonchev–Trinajstić information content (AvgIpc) is 3.07. The molecule has 0 aliphatic heterocycles. The number of nitrogens with one attached hydrogen (secondary N) is 3. The minimum atomic E-state index is -0.539. The maximum Gasteiger partial charge on any atom is 0.321 e. The van der Waals surface area contributed by atoms with Crippen molar-refractivity contribution in [1.29, 1.82) is 0 Å². The highest BCUT2D eigenvalue weighted by Gasteiger charge is 2.14. The summed E-state index contributed by atoms with van der Waals surface area (Å²) in [5, 5.41) is 4.83. The van der Waals surface area contributed by atoms with Crippen molar-refractivity contribution in [2.24, 2.45) is 0 Å². The highest BCUT2D eigenvalue weighted by molar-refractivity contribution is 5.94. The van der Waals surface area contributed by atoms with Gasteiger partial charge in [-0.05, 0) is 31.2 Å². The van der Waals surface area contributed by atoms with Gasteiger partial charge in [-0.15, -0.1) is 0 Å². The Morgan fingerprint density at radius 3 is 2.68 bits per heavy atom. The van der Waals surface area contributed by atoms with Crippen LogP contribution < -0.4 is 15.5 Å². The Hall–Kier alpha value is -2.54. The summed E-state index contributed by atoms with van der Waals surface area (Å²) in [5.74, 6) is 1.92. The van der Waals surface area contributed by atoms with Crippen LogP contribution in [0, 0.1) is 6.92 Å². The Bertz CT molecular complexity index is 619. The first-order valence-corrected chi connectivity index (χ1v) is 6.99. The lowest BCUT2D eigenvalue weighted by Crippen LogP contribution is -3.09. The number of quaternary nitrogens is 1.